The Morgan fingerprint density at radius 3 is 2.85 bits per heavy atom. The fraction of sp³-hybridized carbons (Fsp3) is 0.429. The molecule has 0 bridgehead atoms. The van der Waals surface area contributed by atoms with Crippen molar-refractivity contribution in [2.45, 2.75) is 19.4 Å². The van der Waals surface area contributed by atoms with E-state index in [0.29, 0.717) is 11.5 Å². The molecule has 0 fully saturated rings. The average Bonchev–Trinajstić information content (AvgIpc) is 2.48. The Labute approximate surface area is 117 Å². The van der Waals surface area contributed by atoms with E-state index in [0.717, 1.165) is 30.9 Å². The van der Waals surface area contributed by atoms with Gasteiger partial charge in [0, 0.05) is 18.7 Å². The first-order valence-electron chi connectivity index (χ1n) is 6.48. The standard InChI is InChI=1S/C14H18N2O4/c1-9(14(17)18)20-11-5-4-10(8-12(11)19-2)13-15-6-3-7-16-13/h4-5,8-9H,3,6-7H2,1-2H3,(H,15,16)(H,17,18). The second-order valence-electron chi connectivity index (χ2n) is 4.47. The van der Waals surface area contributed by atoms with Gasteiger partial charge in [-0.15, -0.1) is 0 Å². The largest absolute Gasteiger partial charge is 0.493 e. The number of nitrogens with zero attached hydrogens (tertiary/aromatic N) is 1. The first-order valence-corrected chi connectivity index (χ1v) is 6.48. The Morgan fingerprint density at radius 1 is 1.45 bits per heavy atom. The number of ether oxygens (including phenoxy) is 2. The number of methoxy groups -OCH3 is 1. The molecule has 0 spiro atoms. The predicted molar refractivity (Wildman–Crippen MR) is 74.7 cm³/mol. The van der Waals surface area contributed by atoms with Crippen molar-refractivity contribution in [3.63, 3.8) is 0 Å². The van der Waals surface area contributed by atoms with Gasteiger partial charge in [0.2, 0.25) is 0 Å². The normalized spacial score (nSPS) is 15.8. The molecule has 1 aromatic rings. The van der Waals surface area contributed by atoms with Crippen molar-refractivity contribution < 1.29 is 19.4 Å². The zero-order valence-electron chi connectivity index (χ0n) is 11.5. The zero-order chi connectivity index (χ0) is 14.5. The van der Waals surface area contributed by atoms with Gasteiger partial charge < -0.3 is 19.9 Å². The third kappa shape index (κ3) is 3.20. The number of hydrogen-bond donors (Lipinski definition) is 2. The van der Waals surface area contributed by atoms with E-state index in [1.165, 1.54) is 14.0 Å². The summed E-state index contributed by atoms with van der Waals surface area (Å²) in [6.07, 6.45) is 0.0951. The number of benzene rings is 1. The minimum Gasteiger partial charge on any atom is -0.493 e. The summed E-state index contributed by atoms with van der Waals surface area (Å²) in [5, 5.41) is 12.1. The lowest BCUT2D eigenvalue weighted by Gasteiger charge is -2.17. The van der Waals surface area contributed by atoms with Crippen molar-refractivity contribution >= 4 is 11.8 Å². The van der Waals surface area contributed by atoms with Crippen LogP contribution in [0.5, 0.6) is 11.5 Å². The number of carbonyl (C=O) groups is 1. The van der Waals surface area contributed by atoms with Crippen LogP contribution in [-0.4, -0.2) is 43.2 Å². The highest BCUT2D eigenvalue weighted by molar-refractivity contribution is 5.99. The Hall–Kier alpha value is -2.24. The lowest BCUT2D eigenvalue weighted by Crippen LogP contribution is -2.30. The minimum atomic E-state index is -1.02. The van der Waals surface area contributed by atoms with Gasteiger partial charge in [0.1, 0.15) is 5.84 Å². The topological polar surface area (TPSA) is 80.1 Å². The van der Waals surface area contributed by atoms with Gasteiger partial charge in [0.25, 0.3) is 0 Å². The first-order chi connectivity index (χ1) is 9.61. The van der Waals surface area contributed by atoms with Crippen molar-refractivity contribution in [1.82, 2.24) is 5.32 Å². The van der Waals surface area contributed by atoms with Gasteiger partial charge in [-0.25, -0.2) is 4.79 Å². The van der Waals surface area contributed by atoms with Crippen LogP contribution in [0.15, 0.2) is 23.2 Å². The molecule has 0 aliphatic carbocycles. The molecule has 6 heteroatoms. The molecule has 1 aromatic carbocycles. The SMILES string of the molecule is COc1cc(C2=NCCCN2)ccc1OC(C)C(=O)O. The first kappa shape index (κ1) is 14.2. The highest BCUT2D eigenvalue weighted by Gasteiger charge is 2.17. The van der Waals surface area contributed by atoms with Crippen molar-refractivity contribution in [3.05, 3.63) is 23.8 Å². The van der Waals surface area contributed by atoms with Crippen LogP contribution in [0.3, 0.4) is 0 Å². The van der Waals surface area contributed by atoms with E-state index in [9.17, 15) is 4.79 Å². The molecule has 1 aliphatic rings. The van der Waals surface area contributed by atoms with Crippen LogP contribution in [0, 0.1) is 0 Å². The van der Waals surface area contributed by atoms with Gasteiger partial charge in [-0.3, -0.25) is 4.99 Å². The van der Waals surface area contributed by atoms with Crippen LogP contribution in [0.2, 0.25) is 0 Å². The molecule has 0 radical (unpaired) electrons. The van der Waals surface area contributed by atoms with E-state index in [4.69, 9.17) is 14.6 Å². The van der Waals surface area contributed by atoms with Gasteiger partial charge in [-0.1, -0.05) is 0 Å². The van der Waals surface area contributed by atoms with Gasteiger partial charge in [-0.2, -0.15) is 0 Å². The van der Waals surface area contributed by atoms with Gasteiger partial charge in [0.15, 0.2) is 17.6 Å². The maximum atomic E-state index is 10.8. The second-order valence-corrected chi connectivity index (χ2v) is 4.47. The molecule has 2 rings (SSSR count). The summed E-state index contributed by atoms with van der Waals surface area (Å²) < 4.78 is 10.6. The number of aliphatic imine (C=N–C) groups is 1. The van der Waals surface area contributed by atoms with Crippen LogP contribution >= 0.6 is 0 Å². The van der Waals surface area contributed by atoms with E-state index < -0.39 is 12.1 Å². The fourth-order valence-electron chi connectivity index (χ4n) is 1.88. The summed E-state index contributed by atoms with van der Waals surface area (Å²) in [4.78, 5) is 15.2. The van der Waals surface area contributed by atoms with Crippen molar-refractivity contribution in [2.75, 3.05) is 20.2 Å². The van der Waals surface area contributed by atoms with Crippen LogP contribution in [-0.2, 0) is 4.79 Å². The third-order valence-electron chi connectivity index (χ3n) is 2.99. The second kappa shape index (κ2) is 6.27. The third-order valence-corrected chi connectivity index (χ3v) is 2.99. The lowest BCUT2D eigenvalue weighted by atomic mass is 10.1. The zero-order valence-corrected chi connectivity index (χ0v) is 11.5. The van der Waals surface area contributed by atoms with E-state index in [1.807, 2.05) is 6.07 Å². The molecule has 0 saturated carbocycles. The molecular weight excluding hydrogens is 260 g/mol. The van der Waals surface area contributed by atoms with Crippen LogP contribution < -0.4 is 14.8 Å². The van der Waals surface area contributed by atoms with E-state index in [2.05, 4.69) is 10.3 Å². The summed E-state index contributed by atoms with van der Waals surface area (Å²) in [7, 11) is 1.52. The van der Waals surface area contributed by atoms with Crippen LogP contribution in [0.1, 0.15) is 18.9 Å². The molecule has 1 heterocycles. The highest BCUT2D eigenvalue weighted by Crippen LogP contribution is 2.29. The number of carboxylic acids is 1. The van der Waals surface area contributed by atoms with Crippen molar-refractivity contribution in [2.24, 2.45) is 4.99 Å². The Bertz CT molecular complexity index is 528. The van der Waals surface area contributed by atoms with Crippen LogP contribution in [0.25, 0.3) is 0 Å². The molecule has 0 amide bonds. The quantitative estimate of drug-likeness (QED) is 0.848. The van der Waals surface area contributed by atoms with Gasteiger partial charge in [0.05, 0.1) is 7.11 Å². The molecule has 1 aliphatic heterocycles. The molecule has 20 heavy (non-hydrogen) atoms. The molecular formula is C14H18N2O4. The van der Waals surface area contributed by atoms with E-state index >= 15 is 0 Å². The molecule has 108 valence electrons. The number of carboxylic acid groups (broad SMARTS) is 1. The lowest BCUT2D eigenvalue weighted by molar-refractivity contribution is -0.144. The summed E-state index contributed by atoms with van der Waals surface area (Å²) in [5.41, 5.74) is 0.900. The Kier molecular flexibility index (Phi) is 4.45. The van der Waals surface area contributed by atoms with Gasteiger partial charge >= 0.3 is 5.97 Å². The van der Waals surface area contributed by atoms with Crippen molar-refractivity contribution in [3.8, 4) is 11.5 Å². The number of aliphatic carboxylic acids is 1. The monoisotopic (exact) mass is 278 g/mol. The van der Waals surface area contributed by atoms with Crippen molar-refractivity contribution in [1.29, 1.82) is 0 Å². The molecule has 0 saturated heterocycles. The molecule has 6 nitrogen and oxygen atoms in total. The Morgan fingerprint density at radius 2 is 2.25 bits per heavy atom. The van der Waals surface area contributed by atoms with Gasteiger partial charge in [-0.05, 0) is 31.5 Å². The minimum absolute atomic E-state index is 0.405. The maximum absolute atomic E-state index is 10.8. The predicted octanol–water partition coefficient (Wildman–Crippen LogP) is 1.29. The Balaban J connectivity index is 2.23. The highest BCUT2D eigenvalue weighted by atomic mass is 16.5. The molecule has 1 atom stereocenters. The average molecular weight is 278 g/mol. The summed E-state index contributed by atoms with van der Waals surface area (Å²) in [6.45, 7) is 3.18. The summed E-state index contributed by atoms with van der Waals surface area (Å²) >= 11 is 0. The number of amidine groups is 1. The maximum Gasteiger partial charge on any atom is 0.344 e. The number of hydrogen-bond acceptors (Lipinski definition) is 5. The molecule has 1 unspecified atom stereocenters. The van der Waals surface area contributed by atoms with E-state index in [1.54, 1.807) is 12.1 Å². The fourth-order valence-corrected chi connectivity index (χ4v) is 1.88. The summed E-state index contributed by atoms with van der Waals surface area (Å²) in [5.74, 6) is 0.704. The summed E-state index contributed by atoms with van der Waals surface area (Å²) in [6, 6.07) is 5.33. The van der Waals surface area contributed by atoms with Crippen LogP contribution in [0.4, 0.5) is 0 Å². The molecule has 2 N–H and O–H groups in total. The number of rotatable bonds is 5. The number of nitrogens with one attached hydrogen (secondary N) is 1. The molecule has 0 aromatic heterocycles. The smallest absolute Gasteiger partial charge is 0.344 e. The van der Waals surface area contributed by atoms with E-state index in [-0.39, 0.29) is 0 Å².